The molecular weight excluding hydrogens is 182 g/mol. The van der Waals surface area contributed by atoms with Gasteiger partial charge in [-0.05, 0) is 13.3 Å². The Morgan fingerprint density at radius 1 is 1.75 bits per heavy atom. The number of carbonyl (C=O) groups is 1. The lowest BCUT2D eigenvalue weighted by Gasteiger charge is -2.27. The number of hydrogen-bond donors (Lipinski definition) is 2. The van der Waals surface area contributed by atoms with Crippen molar-refractivity contribution in [2.24, 2.45) is 5.73 Å². The Morgan fingerprint density at radius 3 is 2.25 bits per heavy atom. The third-order valence-electron chi connectivity index (χ3n) is 1.90. The van der Waals surface area contributed by atoms with Gasteiger partial charge >= 0.3 is 5.97 Å². The maximum Gasteiger partial charge on any atom is 0.328 e. The molecule has 0 aliphatic heterocycles. The van der Waals surface area contributed by atoms with E-state index in [1.807, 2.05) is 0 Å². The summed E-state index contributed by atoms with van der Waals surface area (Å²) in [5.41, 5.74) is 4.31. The molecule has 0 fully saturated rings. The van der Waals surface area contributed by atoms with Crippen LogP contribution in [0.4, 0.5) is 0 Å². The zero-order valence-corrected chi connectivity index (χ0v) is 8.35. The molecule has 0 saturated carbocycles. The first-order valence-electron chi connectivity index (χ1n) is 3.54. The molecule has 0 aromatic rings. The quantitative estimate of drug-likeness (QED) is 0.628. The number of carbonyl (C=O) groups excluding carboxylic acids is 1. The van der Waals surface area contributed by atoms with Gasteiger partial charge in [-0.2, -0.15) is 0 Å². The maximum absolute atomic E-state index is 11.0. The van der Waals surface area contributed by atoms with Crippen LogP contribution in [0.1, 0.15) is 20.3 Å². The summed E-state index contributed by atoms with van der Waals surface area (Å²) in [6.45, 7) is 3.20. The highest BCUT2D eigenvalue weighted by atomic mass is 35.5. The fourth-order valence-corrected chi connectivity index (χ4v) is 0.800. The van der Waals surface area contributed by atoms with E-state index in [4.69, 9.17) is 10.8 Å². The van der Waals surface area contributed by atoms with E-state index in [0.717, 1.165) is 0 Å². The molecule has 12 heavy (non-hydrogen) atoms. The summed E-state index contributed by atoms with van der Waals surface area (Å²) in [6, 6.07) is 0. The SMILES string of the molecule is CCC(N)(C(=O)OC)C(C)O.Cl. The van der Waals surface area contributed by atoms with Crippen molar-refractivity contribution in [3.8, 4) is 0 Å². The Hall–Kier alpha value is -0.320. The fourth-order valence-electron chi connectivity index (χ4n) is 0.800. The molecule has 74 valence electrons. The van der Waals surface area contributed by atoms with Crippen molar-refractivity contribution in [1.29, 1.82) is 0 Å². The van der Waals surface area contributed by atoms with E-state index in [-0.39, 0.29) is 12.4 Å². The molecule has 0 aromatic carbocycles. The van der Waals surface area contributed by atoms with E-state index in [1.165, 1.54) is 14.0 Å². The standard InChI is InChI=1S/C7H15NO3.ClH/c1-4-7(8,5(2)9)6(10)11-3;/h5,9H,4,8H2,1-3H3;1H. The van der Waals surface area contributed by atoms with Crippen LogP contribution in [0.2, 0.25) is 0 Å². The molecule has 0 aromatic heterocycles. The third-order valence-corrected chi connectivity index (χ3v) is 1.90. The van der Waals surface area contributed by atoms with Crippen molar-refractivity contribution in [1.82, 2.24) is 0 Å². The van der Waals surface area contributed by atoms with Crippen molar-refractivity contribution < 1.29 is 14.6 Å². The number of halogens is 1. The largest absolute Gasteiger partial charge is 0.468 e. The van der Waals surface area contributed by atoms with Crippen molar-refractivity contribution in [2.45, 2.75) is 31.9 Å². The first-order valence-corrected chi connectivity index (χ1v) is 3.54. The summed E-state index contributed by atoms with van der Waals surface area (Å²) < 4.78 is 4.44. The minimum atomic E-state index is -1.26. The van der Waals surface area contributed by atoms with Crippen LogP contribution in [0.15, 0.2) is 0 Å². The predicted octanol–water partition coefficient (Wildman–Crippen LogP) is 0.0695. The number of methoxy groups -OCH3 is 1. The number of ether oxygens (including phenoxy) is 1. The van der Waals surface area contributed by atoms with Gasteiger partial charge in [0.05, 0.1) is 13.2 Å². The van der Waals surface area contributed by atoms with Gasteiger partial charge < -0.3 is 15.6 Å². The van der Waals surface area contributed by atoms with Gasteiger partial charge in [-0.3, -0.25) is 0 Å². The van der Waals surface area contributed by atoms with E-state index in [1.54, 1.807) is 6.92 Å². The number of nitrogens with two attached hydrogens (primary N) is 1. The Morgan fingerprint density at radius 2 is 2.17 bits per heavy atom. The monoisotopic (exact) mass is 197 g/mol. The molecular formula is C7H16ClNO3. The molecule has 0 radical (unpaired) electrons. The van der Waals surface area contributed by atoms with Crippen LogP contribution in [0.5, 0.6) is 0 Å². The van der Waals surface area contributed by atoms with Crippen LogP contribution in [0, 0.1) is 0 Å². The van der Waals surface area contributed by atoms with Crippen LogP contribution in [0.3, 0.4) is 0 Å². The number of esters is 1. The predicted molar refractivity (Wildman–Crippen MR) is 48.2 cm³/mol. The summed E-state index contributed by atoms with van der Waals surface area (Å²) in [5, 5.41) is 9.15. The minimum Gasteiger partial charge on any atom is -0.468 e. The second kappa shape index (κ2) is 5.35. The molecule has 0 aliphatic rings. The zero-order chi connectivity index (χ0) is 9.07. The summed E-state index contributed by atoms with van der Waals surface area (Å²) in [5.74, 6) is -0.574. The number of aliphatic hydroxyl groups excluding tert-OH is 1. The van der Waals surface area contributed by atoms with Gasteiger partial charge in [0, 0.05) is 0 Å². The van der Waals surface area contributed by atoms with Crippen molar-refractivity contribution in [3.63, 3.8) is 0 Å². The molecule has 0 heterocycles. The first kappa shape index (κ1) is 14.2. The summed E-state index contributed by atoms with van der Waals surface area (Å²) in [7, 11) is 1.25. The van der Waals surface area contributed by atoms with Crippen LogP contribution < -0.4 is 5.73 Å². The third kappa shape index (κ3) is 2.62. The van der Waals surface area contributed by atoms with Crippen molar-refractivity contribution in [3.05, 3.63) is 0 Å². The van der Waals surface area contributed by atoms with Gasteiger partial charge in [-0.25, -0.2) is 4.79 Å². The van der Waals surface area contributed by atoms with Gasteiger partial charge in [0.15, 0.2) is 0 Å². The zero-order valence-electron chi connectivity index (χ0n) is 7.53. The average molecular weight is 198 g/mol. The van der Waals surface area contributed by atoms with Crippen LogP contribution in [0.25, 0.3) is 0 Å². The summed E-state index contributed by atoms with van der Waals surface area (Å²) in [6.07, 6.45) is -0.530. The van der Waals surface area contributed by atoms with Crippen LogP contribution >= 0.6 is 12.4 Å². The topological polar surface area (TPSA) is 72.6 Å². The molecule has 2 atom stereocenters. The van der Waals surface area contributed by atoms with Crippen molar-refractivity contribution >= 4 is 18.4 Å². The molecule has 0 saturated heterocycles. The molecule has 5 heteroatoms. The first-order chi connectivity index (χ1) is 4.99. The van der Waals surface area contributed by atoms with Gasteiger partial charge in [0.25, 0.3) is 0 Å². The van der Waals surface area contributed by atoms with Crippen LogP contribution in [-0.2, 0) is 9.53 Å². The van der Waals surface area contributed by atoms with E-state index in [2.05, 4.69) is 4.74 Å². The fraction of sp³-hybridized carbons (Fsp3) is 0.857. The van der Waals surface area contributed by atoms with E-state index >= 15 is 0 Å². The lowest BCUT2D eigenvalue weighted by Crippen LogP contribution is -2.56. The highest BCUT2D eigenvalue weighted by Crippen LogP contribution is 2.13. The second-order valence-corrected chi connectivity index (χ2v) is 2.56. The molecule has 0 amide bonds. The number of hydrogen-bond acceptors (Lipinski definition) is 4. The minimum absolute atomic E-state index is 0. The van der Waals surface area contributed by atoms with Crippen LogP contribution in [-0.4, -0.2) is 29.8 Å². The summed E-state index contributed by atoms with van der Waals surface area (Å²) >= 11 is 0. The lowest BCUT2D eigenvalue weighted by atomic mass is 9.92. The summed E-state index contributed by atoms with van der Waals surface area (Å²) in [4.78, 5) is 11.0. The molecule has 0 aliphatic carbocycles. The molecule has 3 N–H and O–H groups in total. The number of aliphatic hydroxyl groups is 1. The van der Waals surface area contributed by atoms with Gasteiger partial charge in [0.2, 0.25) is 0 Å². The normalized spacial score (nSPS) is 17.1. The van der Waals surface area contributed by atoms with Gasteiger partial charge in [-0.1, -0.05) is 6.92 Å². The Balaban J connectivity index is 0. The Labute approximate surface area is 78.5 Å². The smallest absolute Gasteiger partial charge is 0.328 e. The molecule has 0 bridgehead atoms. The van der Waals surface area contributed by atoms with E-state index in [0.29, 0.717) is 6.42 Å². The molecule has 0 rings (SSSR count). The molecule has 4 nitrogen and oxygen atoms in total. The maximum atomic E-state index is 11.0. The Kier molecular flexibility index (Phi) is 6.34. The van der Waals surface area contributed by atoms with E-state index in [9.17, 15) is 4.79 Å². The highest BCUT2D eigenvalue weighted by Gasteiger charge is 2.38. The second-order valence-electron chi connectivity index (χ2n) is 2.56. The molecule has 2 unspecified atom stereocenters. The molecule has 0 spiro atoms. The average Bonchev–Trinajstić information content (AvgIpc) is 2.01. The Bertz CT molecular complexity index is 152. The highest BCUT2D eigenvalue weighted by molar-refractivity contribution is 5.85. The lowest BCUT2D eigenvalue weighted by molar-refractivity contribution is -0.151. The van der Waals surface area contributed by atoms with Crippen molar-refractivity contribution in [2.75, 3.05) is 7.11 Å². The van der Waals surface area contributed by atoms with Gasteiger partial charge in [0.1, 0.15) is 5.54 Å². The van der Waals surface area contributed by atoms with Gasteiger partial charge in [-0.15, -0.1) is 12.4 Å². The van der Waals surface area contributed by atoms with E-state index < -0.39 is 17.6 Å². The number of rotatable bonds is 3.